The highest BCUT2D eigenvalue weighted by Gasteiger charge is 2.20. The highest BCUT2D eigenvalue weighted by atomic mass is 35.5. The molecule has 1 heterocycles. The average Bonchev–Trinajstić information content (AvgIpc) is 3.11. The predicted octanol–water partition coefficient (Wildman–Crippen LogP) is 6.21. The first-order valence-electron chi connectivity index (χ1n) is 8.55. The van der Waals surface area contributed by atoms with Gasteiger partial charge in [0.2, 0.25) is 5.89 Å². The topological polar surface area (TPSA) is 43.1 Å². The number of para-hydroxylation sites is 2. The van der Waals surface area contributed by atoms with E-state index >= 15 is 0 Å². The van der Waals surface area contributed by atoms with E-state index in [-0.39, 0.29) is 5.78 Å². The highest BCUT2D eigenvalue weighted by Crippen LogP contribution is 2.26. The summed E-state index contributed by atoms with van der Waals surface area (Å²) in [6.45, 7) is 1.99. The summed E-state index contributed by atoms with van der Waals surface area (Å²) in [5.74, 6) is 0.160. The van der Waals surface area contributed by atoms with Crippen molar-refractivity contribution in [3.63, 3.8) is 0 Å². The molecular formula is C23H16ClNO2. The van der Waals surface area contributed by atoms with Crippen molar-refractivity contribution in [3.8, 4) is 0 Å². The Balaban J connectivity index is 1.84. The third-order valence-electron chi connectivity index (χ3n) is 4.26. The summed E-state index contributed by atoms with van der Waals surface area (Å²) in [7, 11) is 0. The second-order valence-corrected chi connectivity index (χ2v) is 6.73. The fraction of sp³-hybridized carbons (Fsp3) is 0.0435. The number of rotatable bonds is 4. The molecule has 1 aromatic heterocycles. The third-order valence-corrected chi connectivity index (χ3v) is 4.52. The lowest BCUT2D eigenvalue weighted by Gasteiger charge is -2.05. The van der Waals surface area contributed by atoms with Crippen LogP contribution in [-0.4, -0.2) is 10.8 Å². The molecule has 0 saturated carbocycles. The number of Topliss-reactive ketones (excluding diaryl/α,β-unsaturated/α-hetero) is 1. The van der Waals surface area contributed by atoms with Crippen LogP contribution in [0.25, 0.3) is 22.7 Å². The number of aryl methyl sites for hydroxylation is 1. The van der Waals surface area contributed by atoms with Gasteiger partial charge in [-0.3, -0.25) is 4.79 Å². The van der Waals surface area contributed by atoms with Crippen molar-refractivity contribution in [3.05, 3.63) is 100 Å². The number of oxazole rings is 1. The van der Waals surface area contributed by atoms with Crippen molar-refractivity contribution >= 4 is 40.1 Å². The summed E-state index contributed by atoms with van der Waals surface area (Å²) in [6, 6.07) is 22.2. The van der Waals surface area contributed by atoms with Crippen molar-refractivity contribution < 1.29 is 9.21 Å². The molecule has 0 atom stereocenters. The van der Waals surface area contributed by atoms with E-state index in [4.69, 9.17) is 16.0 Å². The van der Waals surface area contributed by atoms with Crippen LogP contribution in [0.2, 0.25) is 5.02 Å². The number of hydrogen-bond acceptors (Lipinski definition) is 3. The van der Waals surface area contributed by atoms with Gasteiger partial charge in [0, 0.05) is 10.6 Å². The zero-order valence-corrected chi connectivity index (χ0v) is 15.4. The van der Waals surface area contributed by atoms with Crippen LogP contribution in [0.5, 0.6) is 0 Å². The van der Waals surface area contributed by atoms with Gasteiger partial charge < -0.3 is 4.42 Å². The van der Waals surface area contributed by atoms with Crippen LogP contribution in [0.1, 0.15) is 27.4 Å². The molecule has 4 rings (SSSR count). The molecule has 3 aromatic carbocycles. The minimum atomic E-state index is -0.142. The molecule has 0 spiro atoms. The van der Waals surface area contributed by atoms with Crippen LogP contribution in [0.4, 0.5) is 0 Å². The van der Waals surface area contributed by atoms with Crippen molar-refractivity contribution in [1.82, 2.24) is 4.98 Å². The molecule has 0 aliphatic carbocycles. The molecule has 0 aliphatic heterocycles. The minimum absolute atomic E-state index is 0.142. The lowest BCUT2D eigenvalue weighted by molar-refractivity contribution is 0.105. The molecule has 3 nitrogen and oxygen atoms in total. The van der Waals surface area contributed by atoms with Gasteiger partial charge in [-0.25, -0.2) is 4.98 Å². The van der Waals surface area contributed by atoms with Gasteiger partial charge in [-0.15, -0.1) is 0 Å². The van der Waals surface area contributed by atoms with Gasteiger partial charge in [0.05, 0.1) is 5.57 Å². The Morgan fingerprint density at radius 3 is 2.37 bits per heavy atom. The SMILES string of the molecule is Cc1ccc(C(=O)/C(=C\c2ccc(Cl)cc2)c2nc3ccccc3o2)cc1. The van der Waals surface area contributed by atoms with Crippen molar-refractivity contribution in [2.45, 2.75) is 6.92 Å². The van der Waals surface area contributed by atoms with Gasteiger partial charge in [-0.05, 0) is 42.8 Å². The van der Waals surface area contributed by atoms with Crippen LogP contribution >= 0.6 is 11.6 Å². The molecule has 27 heavy (non-hydrogen) atoms. The fourth-order valence-corrected chi connectivity index (χ4v) is 2.92. The number of benzene rings is 3. The Hall–Kier alpha value is -3.17. The summed E-state index contributed by atoms with van der Waals surface area (Å²) in [4.78, 5) is 17.7. The molecule has 0 N–H and O–H groups in total. The van der Waals surface area contributed by atoms with E-state index in [0.29, 0.717) is 33.1 Å². The van der Waals surface area contributed by atoms with Gasteiger partial charge in [0.25, 0.3) is 0 Å². The van der Waals surface area contributed by atoms with Crippen molar-refractivity contribution in [2.75, 3.05) is 0 Å². The molecule has 0 saturated heterocycles. The number of nitrogens with zero attached hydrogens (tertiary/aromatic N) is 1. The van der Waals surface area contributed by atoms with Crippen LogP contribution in [0.3, 0.4) is 0 Å². The van der Waals surface area contributed by atoms with E-state index in [1.807, 2.05) is 67.6 Å². The zero-order valence-electron chi connectivity index (χ0n) is 14.6. The van der Waals surface area contributed by atoms with Crippen molar-refractivity contribution in [2.24, 2.45) is 0 Å². The van der Waals surface area contributed by atoms with Crippen molar-refractivity contribution in [1.29, 1.82) is 0 Å². The molecule has 0 unspecified atom stereocenters. The molecule has 0 bridgehead atoms. The van der Waals surface area contributed by atoms with Gasteiger partial charge >= 0.3 is 0 Å². The summed E-state index contributed by atoms with van der Waals surface area (Å²) in [6.07, 6.45) is 1.78. The normalized spacial score (nSPS) is 11.7. The van der Waals surface area contributed by atoms with Crippen LogP contribution in [0, 0.1) is 6.92 Å². The molecule has 4 heteroatoms. The van der Waals surface area contributed by atoms with E-state index in [0.717, 1.165) is 11.1 Å². The van der Waals surface area contributed by atoms with Crippen LogP contribution < -0.4 is 0 Å². The Morgan fingerprint density at radius 1 is 0.963 bits per heavy atom. The first-order valence-corrected chi connectivity index (χ1v) is 8.92. The molecule has 0 aliphatic rings. The monoisotopic (exact) mass is 373 g/mol. The second-order valence-electron chi connectivity index (χ2n) is 6.29. The maximum absolute atomic E-state index is 13.2. The van der Waals surface area contributed by atoms with Gasteiger partial charge in [-0.1, -0.05) is 65.7 Å². The Kier molecular flexibility index (Phi) is 4.61. The van der Waals surface area contributed by atoms with Crippen LogP contribution in [-0.2, 0) is 0 Å². The zero-order chi connectivity index (χ0) is 18.8. The maximum Gasteiger partial charge on any atom is 0.231 e. The van der Waals surface area contributed by atoms with Gasteiger partial charge in [0.15, 0.2) is 11.4 Å². The molecular weight excluding hydrogens is 358 g/mol. The average molecular weight is 374 g/mol. The summed E-state index contributed by atoms with van der Waals surface area (Å²) in [5.41, 5.74) is 4.28. The third kappa shape index (κ3) is 3.69. The molecule has 4 aromatic rings. The van der Waals surface area contributed by atoms with E-state index < -0.39 is 0 Å². The van der Waals surface area contributed by atoms with E-state index in [1.165, 1.54) is 0 Å². The van der Waals surface area contributed by atoms with E-state index in [9.17, 15) is 4.79 Å². The van der Waals surface area contributed by atoms with Crippen LogP contribution in [0.15, 0.2) is 77.2 Å². The Bertz CT molecular complexity index is 1110. The number of carbonyl (C=O) groups is 1. The highest BCUT2D eigenvalue weighted by molar-refractivity contribution is 6.32. The number of hydrogen-bond donors (Lipinski definition) is 0. The lowest BCUT2D eigenvalue weighted by Crippen LogP contribution is -2.03. The Labute approximate surface area is 161 Å². The van der Waals surface area contributed by atoms with E-state index in [2.05, 4.69) is 4.98 Å². The molecule has 0 radical (unpaired) electrons. The number of aromatic nitrogens is 1. The molecule has 0 fully saturated rings. The lowest BCUT2D eigenvalue weighted by atomic mass is 10.00. The first kappa shape index (κ1) is 17.3. The number of halogens is 1. The second kappa shape index (κ2) is 7.22. The smallest absolute Gasteiger partial charge is 0.231 e. The molecule has 0 amide bonds. The number of fused-ring (bicyclic) bond motifs is 1. The standard InChI is InChI=1S/C23H16ClNO2/c1-15-6-10-17(11-7-15)22(26)19(14-16-8-12-18(24)13-9-16)23-25-20-4-2-3-5-21(20)27-23/h2-14H,1H3/b19-14+. The van der Waals surface area contributed by atoms with Gasteiger partial charge in [0.1, 0.15) is 5.52 Å². The number of ketones is 1. The summed E-state index contributed by atoms with van der Waals surface area (Å²) >= 11 is 5.97. The first-order chi connectivity index (χ1) is 13.1. The largest absolute Gasteiger partial charge is 0.436 e. The predicted molar refractivity (Wildman–Crippen MR) is 109 cm³/mol. The maximum atomic E-state index is 13.2. The fourth-order valence-electron chi connectivity index (χ4n) is 2.80. The number of carbonyl (C=O) groups excluding carboxylic acids is 1. The van der Waals surface area contributed by atoms with Gasteiger partial charge in [-0.2, -0.15) is 0 Å². The molecule has 132 valence electrons. The van der Waals surface area contributed by atoms with E-state index in [1.54, 1.807) is 18.2 Å². The minimum Gasteiger partial charge on any atom is -0.436 e. The summed E-state index contributed by atoms with van der Waals surface area (Å²) < 4.78 is 5.87. The quantitative estimate of drug-likeness (QED) is 0.315. The summed E-state index contributed by atoms with van der Waals surface area (Å²) in [5, 5.41) is 0.639. The number of allylic oxidation sites excluding steroid dienone is 1. The Morgan fingerprint density at radius 2 is 1.67 bits per heavy atom.